The van der Waals surface area contributed by atoms with Gasteiger partial charge in [0.15, 0.2) is 0 Å². The summed E-state index contributed by atoms with van der Waals surface area (Å²) >= 11 is 0. The molecule has 39 heavy (non-hydrogen) atoms. The van der Waals surface area contributed by atoms with Crippen LogP contribution in [0.3, 0.4) is 0 Å². The maximum absolute atomic E-state index is 14.0. The minimum absolute atomic E-state index is 0.279. The van der Waals surface area contributed by atoms with Crippen LogP contribution in [0.2, 0.25) is 0 Å². The molecule has 7 heteroatoms. The van der Waals surface area contributed by atoms with Crippen LogP contribution in [-0.4, -0.2) is 40.5 Å². The molecule has 3 aromatic rings. The molecule has 0 aliphatic rings. The van der Waals surface area contributed by atoms with E-state index in [0.29, 0.717) is 17.7 Å². The van der Waals surface area contributed by atoms with Gasteiger partial charge in [0.25, 0.3) is 5.91 Å². The third-order valence-electron chi connectivity index (χ3n) is 6.67. The molecule has 0 fully saturated rings. The number of carbonyl (C=O) groups excluding carboxylic acids is 3. The van der Waals surface area contributed by atoms with Crippen LogP contribution in [0.15, 0.2) is 66.7 Å². The molecule has 0 aromatic heterocycles. The van der Waals surface area contributed by atoms with Crippen molar-refractivity contribution in [1.29, 1.82) is 0 Å². The van der Waals surface area contributed by atoms with Gasteiger partial charge in [0.2, 0.25) is 5.91 Å². The largest absolute Gasteiger partial charge is 0.444 e. The average molecular weight is 532 g/mol. The Labute approximate surface area is 231 Å². The van der Waals surface area contributed by atoms with Crippen molar-refractivity contribution in [3.05, 3.63) is 77.9 Å². The third-order valence-corrected chi connectivity index (χ3v) is 6.67. The SMILES string of the molecule is CCc1ccc(C(C(=O)Nc2ccc3ccccc3c2)N(C(=O)C(C)NC(=O)OC(C)(C)C)C(C)CC)cc1. The van der Waals surface area contributed by atoms with E-state index in [2.05, 4.69) is 17.6 Å². The Hall–Kier alpha value is -3.87. The van der Waals surface area contributed by atoms with E-state index in [1.807, 2.05) is 80.6 Å². The Morgan fingerprint density at radius 3 is 2.13 bits per heavy atom. The lowest BCUT2D eigenvalue weighted by atomic mass is 9.98. The number of anilines is 1. The minimum Gasteiger partial charge on any atom is -0.444 e. The first kappa shape index (κ1) is 29.7. The number of carbonyl (C=O) groups is 3. The molecular weight excluding hydrogens is 490 g/mol. The van der Waals surface area contributed by atoms with Gasteiger partial charge in [0, 0.05) is 11.7 Å². The van der Waals surface area contributed by atoms with E-state index in [9.17, 15) is 14.4 Å². The van der Waals surface area contributed by atoms with Crippen molar-refractivity contribution in [1.82, 2.24) is 10.2 Å². The van der Waals surface area contributed by atoms with Crippen LogP contribution in [-0.2, 0) is 20.7 Å². The Morgan fingerprint density at radius 2 is 1.54 bits per heavy atom. The fraction of sp³-hybridized carbons (Fsp3) is 0.406. The summed E-state index contributed by atoms with van der Waals surface area (Å²) in [5, 5.41) is 7.76. The van der Waals surface area contributed by atoms with E-state index in [4.69, 9.17) is 4.74 Å². The van der Waals surface area contributed by atoms with Crippen molar-refractivity contribution in [2.45, 2.75) is 85.0 Å². The number of hydrogen-bond donors (Lipinski definition) is 2. The quantitative estimate of drug-likeness (QED) is 0.325. The number of nitrogens with one attached hydrogen (secondary N) is 2. The molecule has 3 rings (SSSR count). The Kier molecular flexibility index (Phi) is 9.73. The molecule has 3 atom stereocenters. The van der Waals surface area contributed by atoms with E-state index in [-0.39, 0.29) is 17.9 Å². The molecule has 0 aliphatic carbocycles. The second-order valence-electron chi connectivity index (χ2n) is 10.9. The van der Waals surface area contributed by atoms with E-state index < -0.39 is 23.8 Å². The van der Waals surface area contributed by atoms with Gasteiger partial charge in [0.1, 0.15) is 17.7 Å². The summed E-state index contributed by atoms with van der Waals surface area (Å²) in [7, 11) is 0. The van der Waals surface area contributed by atoms with Crippen LogP contribution in [0, 0.1) is 0 Å². The number of ether oxygens (including phenoxy) is 1. The highest BCUT2D eigenvalue weighted by Gasteiger charge is 2.37. The van der Waals surface area contributed by atoms with Gasteiger partial charge in [-0.05, 0) is 81.5 Å². The Bertz CT molecular complexity index is 1300. The van der Waals surface area contributed by atoms with Gasteiger partial charge in [-0.15, -0.1) is 0 Å². The summed E-state index contributed by atoms with van der Waals surface area (Å²) in [6.07, 6.45) is 0.800. The summed E-state index contributed by atoms with van der Waals surface area (Å²) in [4.78, 5) is 41.9. The first-order chi connectivity index (χ1) is 18.4. The number of nitrogens with zero attached hydrogens (tertiary/aromatic N) is 1. The van der Waals surface area contributed by atoms with Gasteiger partial charge in [0.05, 0.1) is 0 Å². The van der Waals surface area contributed by atoms with E-state index in [1.54, 1.807) is 32.6 Å². The molecule has 0 aliphatic heterocycles. The third kappa shape index (κ3) is 7.82. The van der Waals surface area contributed by atoms with Gasteiger partial charge >= 0.3 is 6.09 Å². The molecule has 0 bridgehead atoms. The molecule has 7 nitrogen and oxygen atoms in total. The number of rotatable bonds is 9. The first-order valence-corrected chi connectivity index (χ1v) is 13.6. The Balaban J connectivity index is 1.98. The normalized spacial score (nSPS) is 13.7. The number of alkyl carbamates (subject to hydrolysis) is 1. The molecule has 0 heterocycles. The smallest absolute Gasteiger partial charge is 0.408 e. The van der Waals surface area contributed by atoms with Crippen LogP contribution >= 0.6 is 0 Å². The monoisotopic (exact) mass is 531 g/mol. The maximum Gasteiger partial charge on any atom is 0.408 e. The first-order valence-electron chi connectivity index (χ1n) is 13.6. The summed E-state index contributed by atoms with van der Waals surface area (Å²) in [5.74, 6) is -0.693. The van der Waals surface area contributed by atoms with Crippen LogP contribution in [0.5, 0.6) is 0 Å². The molecule has 208 valence electrons. The molecule has 0 spiro atoms. The topological polar surface area (TPSA) is 87.7 Å². The molecule has 3 amide bonds. The molecule has 2 N–H and O–H groups in total. The lowest BCUT2D eigenvalue weighted by molar-refractivity contribution is -0.143. The summed E-state index contributed by atoms with van der Waals surface area (Å²) in [5.41, 5.74) is 1.77. The van der Waals surface area contributed by atoms with Crippen molar-refractivity contribution in [3.8, 4) is 0 Å². The summed E-state index contributed by atoms with van der Waals surface area (Å²) < 4.78 is 5.36. The fourth-order valence-electron chi connectivity index (χ4n) is 4.42. The zero-order chi connectivity index (χ0) is 28.7. The average Bonchev–Trinajstić information content (AvgIpc) is 2.89. The molecule has 0 radical (unpaired) electrons. The highest BCUT2D eigenvalue weighted by molar-refractivity contribution is 6.00. The highest BCUT2D eigenvalue weighted by atomic mass is 16.6. The minimum atomic E-state index is -0.910. The summed E-state index contributed by atoms with van der Waals surface area (Å²) in [6, 6.07) is 19.3. The number of aryl methyl sites for hydroxylation is 1. The maximum atomic E-state index is 14.0. The van der Waals surface area contributed by atoms with Gasteiger partial charge in [-0.25, -0.2) is 4.79 Å². The molecule has 3 unspecified atom stereocenters. The lowest BCUT2D eigenvalue weighted by Gasteiger charge is -2.37. The van der Waals surface area contributed by atoms with E-state index >= 15 is 0 Å². The van der Waals surface area contributed by atoms with Crippen LogP contribution in [0.4, 0.5) is 10.5 Å². The van der Waals surface area contributed by atoms with E-state index in [0.717, 1.165) is 22.8 Å². The molecule has 3 aromatic carbocycles. The molecule has 0 saturated carbocycles. The second-order valence-corrected chi connectivity index (χ2v) is 10.9. The van der Waals surface area contributed by atoms with Crippen molar-refractivity contribution < 1.29 is 19.1 Å². The second kappa shape index (κ2) is 12.8. The van der Waals surface area contributed by atoms with E-state index in [1.165, 1.54) is 0 Å². The predicted octanol–water partition coefficient (Wildman–Crippen LogP) is 6.62. The van der Waals surface area contributed by atoms with Gasteiger partial charge in [-0.3, -0.25) is 9.59 Å². The fourth-order valence-corrected chi connectivity index (χ4v) is 4.42. The lowest BCUT2D eigenvalue weighted by Crippen LogP contribution is -2.53. The van der Waals surface area contributed by atoms with Gasteiger partial charge in [-0.2, -0.15) is 0 Å². The van der Waals surface area contributed by atoms with Crippen LogP contribution < -0.4 is 10.6 Å². The van der Waals surface area contributed by atoms with Crippen molar-refractivity contribution in [3.63, 3.8) is 0 Å². The van der Waals surface area contributed by atoms with Crippen LogP contribution in [0.25, 0.3) is 10.8 Å². The zero-order valence-electron chi connectivity index (χ0n) is 24.1. The predicted molar refractivity (Wildman–Crippen MR) is 157 cm³/mol. The Morgan fingerprint density at radius 1 is 0.897 bits per heavy atom. The van der Waals surface area contributed by atoms with Crippen molar-refractivity contribution in [2.75, 3.05) is 5.32 Å². The molecule has 0 saturated heterocycles. The van der Waals surface area contributed by atoms with Gasteiger partial charge in [-0.1, -0.05) is 68.4 Å². The number of hydrogen-bond acceptors (Lipinski definition) is 4. The number of fused-ring (bicyclic) bond motifs is 1. The number of benzene rings is 3. The van der Waals surface area contributed by atoms with Crippen molar-refractivity contribution in [2.24, 2.45) is 0 Å². The van der Waals surface area contributed by atoms with Crippen molar-refractivity contribution >= 4 is 34.4 Å². The highest BCUT2D eigenvalue weighted by Crippen LogP contribution is 2.29. The number of amides is 3. The standard InChI is InChI=1S/C32H41N3O4/c1-8-21(3)35(30(37)22(4)33-31(38)39-32(5,6)7)28(25-16-14-23(9-2)15-17-25)29(36)34-27-19-18-24-12-10-11-13-26(24)20-27/h10-22,28H,8-9H2,1-7H3,(H,33,38)(H,34,36). The summed E-state index contributed by atoms with van der Waals surface area (Å²) in [6.45, 7) is 12.8. The van der Waals surface area contributed by atoms with Gasteiger partial charge < -0.3 is 20.3 Å². The zero-order valence-corrected chi connectivity index (χ0v) is 24.1. The van der Waals surface area contributed by atoms with Crippen LogP contribution in [0.1, 0.15) is 72.1 Å². The molecular formula is C32H41N3O4.